The van der Waals surface area contributed by atoms with Crippen molar-refractivity contribution in [3.63, 3.8) is 0 Å². The second-order valence-corrected chi connectivity index (χ2v) is 4.46. The van der Waals surface area contributed by atoms with Crippen LogP contribution in [0.1, 0.15) is 22.8 Å². The molecular weight excluding hydrogens is 286 g/mol. The van der Waals surface area contributed by atoms with Crippen molar-refractivity contribution >= 4 is 17.3 Å². The molecule has 0 aliphatic carbocycles. The van der Waals surface area contributed by atoms with E-state index in [4.69, 9.17) is 0 Å². The Balaban J connectivity index is 2.16. The van der Waals surface area contributed by atoms with E-state index in [2.05, 4.69) is 10.5 Å². The number of hydrazone groups is 1. The average molecular weight is 299 g/mol. The smallest absolute Gasteiger partial charge is 0.271 e. The molecule has 0 saturated heterocycles. The molecule has 2 N–H and O–H groups in total. The molecule has 2 rings (SSSR count). The molecule has 0 aromatic heterocycles. The summed E-state index contributed by atoms with van der Waals surface area (Å²) < 4.78 is 0. The van der Waals surface area contributed by atoms with E-state index in [0.29, 0.717) is 11.3 Å². The second-order valence-electron chi connectivity index (χ2n) is 4.46. The monoisotopic (exact) mass is 299 g/mol. The first-order valence-electron chi connectivity index (χ1n) is 6.36. The Morgan fingerprint density at radius 3 is 2.64 bits per heavy atom. The van der Waals surface area contributed by atoms with Crippen molar-refractivity contribution in [3.05, 3.63) is 69.8 Å². The Kier molecular flexibility index (Phi) is 4.47. The largest absolute Gasteiger partial charge is 0.507 e. The van der Waals surface area contributed by atoms with Gasteiger partial charge in [0.05, 0.1) is 10.6 Å². The Morgan fingerprint density at radius 2 is 1.95 bits per heavy atom. The number of carbonyl (C=O) groups excluding carboxylic acids is 1. The second kappa shape index (κ2) is 6.49. The zero-order valence-corrected chi connectivity index (χ0v) is 11.7. The molecule has 0 atom stereocenters. The van der Waals surface area contributed by atoms with E-state index < -0.39 is 10.8 Å². The van der Waals surface area contributed by atoms with Gasteiger partial charge in [-0.25, -0.2) is 5.43 Å². The number of para-hydroxylation sites is 1. The number of carbonyl (C=O) groups is 1. The standard InChI is InChI=1S/C15H13N3O4/c1-10(13-7-2-3-8-14(13)19)16-17-15(20)11-5-4-6-12(9-11)18(21)22/h2-9,19H,1H3,(H,17,20)/b16-10-. The SMILES string of the molecule is C/C(=N/NC(=O)c1cccc([N+](=O)[O-])c1)c1ccccc1O. The van der Waals surface area contributed by atoms with Gasteiger partial charge in [-0.2, -0.15) is 5.10 Å². The summed E-state index contributed by atoms with van der Waals surface area (Å²) in [5, 5.41) is 24.3. The first kappa shape index (κ1) is 15.2. The number of nitrogens with zero attached hydrogens (tertiary/aromatic N) is 2. The number of hydrogen-bond donors (Lipinski definition) is 2. The lowest BCUT2D eigenvalue weighted by Crippen LogP contribution is -2.19. The summed E-state index contributed by atoms with van der Waals surface area (Å²) in [6.07, 6.45) is 0. The maximum absolute atomic E-state index is 11.9. The highest BCUT2D eigenvalue weighted by molar-refractivity contribution is 6.02. The molecule has 112 valence electrons. The number of benzene rings is 2. The molecule has 0 radical (unpaired) electrons. The van der Waals surface area contributed by atoms with Crippen LogP contribution in [-0.4, -0.2) is 21.6 Å². The number of phenols is 1. The van der Waals surface area contributed by atoms with E-state index >= 15 is 0 Å². The van der Waals surface area contributed by atoms with Crippen molar-refractivity contribution in [2.75, 3.05) is 0 Å². The first-order valence-corrected chi connectivity index (χ1v) is 6.36. The van der Waals surface area contributed by atoms with E-state index in [1.54, 1.807) is 25.1 Å². The maximum Gasteiger partial charge on any atom is 0.271 e. The summed E-state index contributed by atoms with van der Waals surface area (Å²) >= 11 is 0. The number of nitrogens with one attached hydrogen (secondary N) is 1. The van der Waals surface area contributed by atoms with Gasteiger partial charge in [0.1, 0.15) is 5.75 Å². The Morgan fingerprint density at radius 1 is 1.23 bits per heavy atom. The van der Waals surface area contributed by atoms with Crippen LogP contribution < -0.4 is 5.43 Å². The highest BCUT2D eigenvalue weighted by Crippen LogP contribution is 2.16. The zero-order chi connectivity index (χ0) is 16.1. The fourth-order valence-electron chi connectivity index (χ4n) is 1.80. The summed E-state index contributed by atoms with van der Waals surface area (Å²) in [5.41, 5.74) is 3.16. The van der Waals surface area contributed by atoms with E-state index in [1.165, 1.54) is 30.3 Å². The zero-order valence-electron chi connectivity index (χ0n) is 11.7. The van der Waals surface area contributed by atoms with Crippen molar-refractivity contribution in [1.29, 1.82) is 0 Å². The van der Waals surface area contributed by atoms with Crippen molar-refractivity contribution in [2.24, 2.45) is 5.10 Å². The summed E-state index contributed by atoms with van der Waals surface area (Å²) in [6, 6.07) is 11.9. The number of nitro benzene ring substituents is 1. The van der Waals surface area contributed by atoms with Crippen molar-refractivity contribution < 1.29 is 14.8 Å². The van der Waals surface area contributed by atoms with Crippen LogP contribution in [0, 0.1) is 10.1 Å². The van der Waals surface area contributed by atoms with Crippen LogP contribution in [0.25, 0.3) is 0 Å². The molecule has 0 spiro atoms. The van der Waals surface area contributed by atoms with E-state index in [1.807, 2.05) is 0 Å². The van der Waals surface area contributed by atoms with Gasteiger partial charge in [0.25, 0.3) is 11.6 Å². The van der Waals surface area contributed by atoms with Crippen LogP contribution in [0.4, 0.5) is 5.69 Å². The van der Waals surface area contributed by atoms with E-state index in [0.717, 1.165) is 0 Å². The van der Waals surface area contributed by atoms with Gasteiger partial charge >= 0.3 is 0 Å². The lowest BCUT2D eigenvalue weighted by atomic mass is 10.1. The van der Waals surface area contributed by atoms with Crippen molar-refractivity contribution in [3.8, 4) is 5.75 Å². The number of non-ortho nitro benzene ring substituents is 1. The molecule has 2 aromatic rings. The minimum atomic E-state index is -0.576. The summed E-state index contributed by atoms with van der Waals surface area (Å²) in [6.45, 7) is 1.63. The summed E-state index contributed by atoms with van der Waals surface area (Å²) in [7, 11) is 0. The summed E-state index contributed by atoms with van der Waals surface area (Å²) in [4.78, 5) is 22.0. The number of rotatable bonds is 4. The normalized spacial score (nSPS) is 11.0. The van der Waals surface area contributed by atoms with Gasteiger partial charge in [0.15, 0.2) is 0 Å². The van der Waals surface area contributed by atoms with Gasteiger partial charge in [-0.3, -0.25) is 14.9 Å². The van der Waals surface area contributed by atoms with Gasteiger partial charge in [-0.15, -0.1) is 0 Å². The third-order valence-corrected chi connectivity index (χ3v) is 2.94. The molecule has 2 aromatic carbocycles. The lowest BCUT2D eigenvalue weighted by molar-refractivity contribution is -0.384. The lowest BCUT2D eigenvalue weighted by Gasteiger charge is -2.04. The number of phenolic OH excluding ortho intramolecular Hbond substituents is 1. The molecule has 0 saturated carbocycles. The molecule has 1 amide bonds. The minimum Gasteiger partial charge on any atom is -0.507 e. The summed E-state index contributed by atoms with van der Waals surface area (Å²) in [5.74, 6) is -0.521. The molecule has 0 aliphatic rings. The predicted molar refractivity (Wildman–Crippen MR) is 80.9 cm³/mol. The molecule has 7 heteroatoms. The molecule has 0 fully saturated rings. The third-order valence-electron chi connectivity index (χ3n) is 2.94. The highest BCUT2D eigenvalue weighted by atomic mass is 16.6. The predicted octanol–water partition coefficient (Wildman–Crippen LogP) is 2.45. The van der Waals surface area contributed by atoms with Gasteiger partial charge < -0.3 is 5.11 Å². The van der Waals surface area contributed by atoms with Gasteiger partial charge in [-0.05, 0) is 25.1 Å². The first-order chi connectivity index (χ1) is 10.5. The number of hydrogen-bond acceptors (Lipinski definition) is 5. The van der Waals surface area contributed by atoms with E-state index in [9.17, 15) is 20.0 Å². The van der Waals surface area contributed by atoms with Crippen LogP contribution in [0.3, 0.4) is 0 Å². The Hall–Kier alpha value is -3.22. The Labute approximate surface area is 126 Å². The quantitative estimate of drug-likeness (QED) is 0.514. The molecule has 0 heterocycles. The van der Waals surface area contributed by atoms with Crippen LogP contribution in [0.5, 0.6) is 5.75 Å². The maximum atomic E-state index is 11.9. The number of nitro groups is 1. The Bertz CT molecular complexity index is 756. The molecule has 0 bridgehead atoms. The van der Waals surface area contributed by atoms with Crippen molar-refractivity contribution in [1.82, 2.24) is 5.43 Å². The van der Waals surface area contributed by atoms with Gasteiger partial charge in [0.2, 0.25) is 0 Å². The van der Waals surface area contributed by atoms with Crippen LogP contribution in [0.2, 0.25) is 0 Å². The average Bonchev–Trinajstić information content (AvgIpc) is 2.52. The highest BCUT2D eigenvalue weighted by Gasteiger charge is 2.11. The topological polar surface area (TPSA) is 105 Å². The number of amides is 1. The fraction of sp³-hybridized carbons (Fsp3) is 0.0667. The molecule has 0 aliphatic heterocycles. The number of aromatic hydroxyl groups is 1. The van der Waals surface area contributed by atoms with Gasteiger partial charge in [-0.1, -0.05) is 18.2 Å². The van der Waals surface area contributed by atoms with Crippen LogP contribution in [0.15, 0.2) is 53.6 Å². The van der Waals surface area contributed by atoms with Crippen molar-refractivity contribution in [2.45, 2.75) is 6.92 Å². The molecule has 22 heavy (non-hydrogen) atoms. The van der Waals surface area contributed by atoms with E-state index in [-0.39, 0.29) is 17.0 Å². The molecule has 7 nitrogen and oxygen atoms in total. The van der Waals surface area contributed by atoms with Crippen LogP contribution in [-0.2, 0) is 0 Å². The van der Waals surface area contributed by atoms with Gasteiger partial charge in [0, 0.05) is 23.3 Å². The third kappa shape index (κ3) is 3.45. The fourth-order valence-corrected chi connectivity index (χ4v) is 1.80. The molecular formula is C15H13N3O4. The van der Waals surface area contributed by atoms with Crippen LogP contribution >= 0.6 is 0 Å². The minimum absolute atomic E-state index is 0.0494. The molecule has 0 unspecified atom stereocenters.